The molecule has 1 aromatic carbocycles. The molecular weight excluding hydrogens is 304 g/mol. The van der Waals surface area contributed by atoms with Crippen molar-refractivity contribution in [3.05, 3.63) is 36.0 Å². The van der Waals surface area contributed by atoms with Crippen LogP contribution in [-0.2, 0) is 20.7 Å². The molecule has 5 heteroatoms. The van der Waals surface area contributed by atoms with Crippen molar-refractivity contribution in [1.29, 1.82) is 0 Å². The van der Waals surface area contributed by atoms with Gasteiger partial charge in [0.2, 0.25) is 0 Å². The number of carbonyl (C=O) groups is 2. The van der Waals surface area contributed by atoms with Gasteiger partial charge in [0.25, 0.3) is 5.91 Å². The number of rotatable bonds is 7. The molecule has 0 unspecified atom stereocenters. The first kappa shape index (κ1) is 18.0. The molecule has 0 radical (unpaired) electrons. The van der Waals surface area contributed by atoms with E-state index in [0.29, 0.717) is 6.42 Å². The van der Waals surface area contributed by atoms with E-state index in [4.69, 9.17) is 4.74 Å². The minimum Gasteiger partial charge on any atom is -0.456 e. The second kappa shape index (κ2) is 7.99. The Hall–Kier alpha value is -2.30. The van der Waals surface area contributed by atoms with Crippen molar-refractivity contribution in [3.63, 3.8) is 0 Å². The van der Waals surface area contributed by atoms with Gasteiger partial charge in [0.15, 0.2) is 6.61 Å². The van der Waals surface area contributed by atoms with E-state index in [9.17, 15) is 9.59 Å². The number of ether oxygens (including phenoxy) is 1. The second-order valence-electron chi connectivity index (χ2n) is 6.51. The zero-order valence-corrected chi connectivity index (χ0v) is 14.8. The summed E-state index contributed by atoms with van der Waals surface area (Å²) >= 11 is 0. The Labute approximate surface area is 143 Å². The van der Waals surface area contributed by atoms with Gasteiger partial charge in [0.1, 0.15) is 0 Å². The summed E-state index contributed by atoms with van der Waals surface area (Å²) in [7, 11) is 0. The first-order chi connectivity index (χ1) is 11.4. The Bertz CT molecular complexity index is 695. The molecule has 1 amide bonds. The maximum absolute atomic E-state index is 12.2. The summed E-state index contributed by atoms with van der Waals surface area (Å²) in [6.07, 6.45) is 2.77. The lowest BCUT2D eigenvalue weighted by Crippen LogP contribution is -2.44. The van der Waals surface area contributed by atoms with Crippen molar-refractivity contribution in [3.8, 4) is 0 Å². The number of nitrogens with one attached hydrogen (secondary N) is 1. The first-order valence-corrected chi connectivity index (χ1v) is 8.42. The number of nitrogens with zero attached hydrogens (tertiary/aromatic N) is 1. The third-order valence-corrected chi connectivity index (χ3v) is 4.03. The number of aromatic nitrogens is 1. The summed E-state index contributed by atoms with van der Waals surface area (Å²) in [5, 5.41) is 1.12. The summed E-state index contributed by atoms with van der Waals surface area (Å²) in [6, 6.07) is 8.15. The van der Waals surface area contributed by atoms with Crippen molar-refractivity contribution in [2.75, 3.05) is 6.61 Å². The molecule has 24 heavy (non-hydrogen) atoms. The highest BCUT2D eigenvalue weighted by molar-refractivity contribution is 5.84. The third-order valence-electron chi connectivity index (χ3n) is 4.03. The SMILES string of the molecule is CC(C)N(C(=O)COC(=O)CCc1c[nH]c2ccccc12)C(C)C. The first-order valence-electron chi connectivity index (χ1n) is 8.42. The van der Waals surface area contributed by atoms with E-state index in [-0.39, 0.29) is 37.0 Å². The van der Waals surface area contributed by atoms with Crippen molar-refractivity contribution in [1.82, 2.24) is 9.88 Å². The average molecular weight is 330 g/mol. The van der Waals surface area contributed by atoms with E-state index in [1.807, 2.05) is 58.2 Å². The average Bonchev–Trinajstić information content (AvgIpc) is 2.93. The van der Waals surface area contributed by atoms with Crippen LogP contribution in [0.5, 0.6) is 0 Å². The van der Waals surface area contributed by atoms with Gasteiger partial charge < -0.3 is 14.6 Å². The van der Waals surface area contributed by atoms with Crippen LogP contribution in [-0.4, -0.2) is 40.5 Å². The Morgan fingerprint density at radius 3 is 2.46 bits per heavy atom. The highest BCUT2D eigenvalue weighted by Gasteiger charge is 2.21. The highest BCUT2D eigenvalue weighted by atomic mass is 16.5. The van der Waals surface area contributed by atoms with Crippen LogP contribution in [0.3, 0.4) is 0 Å². The summed E-state index contributed by atoms with van der Waals surface area (Å²) in [4.78, 5) is 29.0. The van der Waals surface area contributed by atoms with Crippen LogP contribution in [0.1, 0.15) is 39.7 Å². The maximum atomic E-state index is 12.2. The monoisotopic (exact) mass is 330 g/mol. The quantitative estimate of drug-likeness (QED) is 0.792. The second-order valence-corrected chi connectivity index (χ2v) is 6.51. The molecule has 0 atom stereocenters. The van der Waals surface area contributed by atoms with Gasteiger partial charge in [-0.15, -0.1) is 0 Å². The summed E-state index contributed by atoms with van der Waals surface area (Å²) < 4.78 is 5.16. The predicted molar refractivity (Wildman–Crippen MR) is 94.7 cm³/mol. The fraction of sp³-hybridized carbons (Fsp3) is 0.474. The summed E-state index contributed by atoms with van der Waals surface area (Å²) in [5.74, 6) is -0.499. The molecule has 1 heterocycles. The summed E-state index contributed by atoms with van der Waals surface area (Å²) in [6.45, 7) is 7.63. The molecule has 1 aromatic heterocycles. The Balaban J connectivity index is 1.84. The van der Waals surface area contributed by atoms with Crippen LogP contribution in [0.4, 0.5) is 0 Å². The van der Waals surface area contributed by atoms with Crippen LogP contribution in [0.15, 0.2) is 30.5 Å². The van der Waals surface area contributed by atoms with E-state index < -0.39 is 0 Å². The smallest absolute Gasteiger partial charge is 0.306 e. The number of H-pyrrole nitrogens is 1. The molecule has 0 saturated heterocycles. The molecule has 2 rings (SSSR count). The Kier molecular flexibility index (Phi) is 6.01. The number of amides is 1. The topological polar surface area (TPSA) is 62.4 Å². The molecule has 0 bridgehead atoms. The lowest BCUT2D eigenvalue weighted by Gasteiger charge is -2.30. The minimum absolute atomic E-state index is 0.0856. The lowest BCUT2D eigenvalue weighted by atomic mass is 10.1. The zero-order valence-electron chi connectivity index (χ0n) is 14.8. The van der Waals surface area contributed by atoms with E-state index in [1.165, 1.54) is 0 Å². The number of hydrogen-bond donors (Lipinski definition) is 1. The lowest BCUT2D eigenvalue weighted by molar-refractivity contribution is -0.153. The maximum Gasteiger partial charge on any atom is 0.306 e. The van der Waals surface area contributed by atoms with Crippen molar-refractivity contribution in [2.24, 2.45) is 0 Å². The molecule has 5 nitrogen and oxygen atoms in total. The normalized spacial score (nSPS) is 11.2. The van der Waals surface area contributed by atoms with Crippen LogP contribution in [0.2, 0.25) is 0 Å². The number of fused-ring (bicyclic) bond motifs is 1. The van der Waals surface area contributed by atoms with Gasteiger partial charge in [-0.2, -0.15) is 0 Å². The van der Waals surface area contributed by atoms with Gasteiger partial charge in [-0.3, -0.25) is 9.59 Å². The number of aromatic amines is 1. The molecule has 130 valence electrons. The molecule has 0 aliphatic rings. The molecule has 0 saturated carbocycles. The predicted octanol–water partition coefficient (Wildman–Crippen LogP) is 3.29. The molecule has 1 N–H and O–H groups in total. The summed E-state index contributed by atoms with van der Waals surface area (Å²) in [5.41, 5.74) is 2.14. The van der Waals surface area contributed by atoms with Crippen LogP contribution in [0, 0.1) is 0 Å². The fourth-order valence-electron chi connectivity index (χ4n) is 3.04. The van der Waals surface area contributed by atoms with Crippen molar-refractivity contribution < 1.29 is 14.3 Å². The van der Waals surface area contributed by atoms with Crippen LogP contribution in [0.25, 0.3) is 10.9 Å². The highest BCUT2D eigenvalue weighted by Crippen LogP contribution is 2.19. The Morgan fingerprint density at radius 2 is 1.79 bits per heavy atom. The molecule has 0 fully saturated rings. The van der Waals surface area contributed by atoms with Gasteiger partial charge >= 0.3 is 5.97 Å². The number of para-hydroxylation sites is 1. The van der Waals surface area contributed by atoms with E-state index in [0.717, 1.165) is 16.5 Å². The molecule has 2 aromatic rings. The van der Waals surface area contributed by atoms with E-state index >= 15 is 0 Å². The van der Waals surface area contributed by atoms with Crippen LogP contribution < -0.4 is 0 Å². The van der Waals surface area contributed by atoms with Crippen molar-refractivity contribution in [2.45, 2.75) is 52.6 Å². The number of aryl methyl sites for hydroxylation is 1. The van der Waals surface area contributed by atoms with Gasteiger partial charge in [0, 0.05) is 35.6 Å². The van der Waals surface area contributed by atoms with Crippen LogP contribution >= 0.6 is 0 Å². The fourth-order valence-corrected chi connectivity index (χ4v) is 3.04. The zero-order chi connectivity index (χ0) is 17.7. The van der Waals surface area contributed by atoms with E-state index in [2.05, 4.69) is 4.98 Å². The Morgan fingerprint density at radius 1 is 1.12 bits per heavy atom. The number of carbonyl (C=O) groups excluding carboxylic acids is 2. The third kappa shape index (κ3) is 4.37. The van der Waals surface area contributed by atoms with Crippen molar-refractivity contribution >= 4 is 22.8 Å². The molecule has 0 spiro atoms. The van der Waals surface area contributed by atoms with Gasteiger partial charge in [0.05, 0.1) is 0 Å². The number of hydrogen-bond acceptors (Lipinski definition) is 3. The van der Waals surface area contributed by atoms with E-state index in [1.54, 1.807) is 4.90 Å². The minimum atomic E-state index is -0.346. The molecular formula is C19H26N2O3. The largest absolute Gasteiger partial charge is 0.456 e. The van der Waals surface area contributed by atoms with Gasteiger partial charge in [-0.25, -0.2) is 0 Å². The molecule has 0 aliphatic heterocycles. The standard InChI is InChI=1S/C19H26N2O3/c1-13(2)21(14(3)4)18(22)12-24-19(23)10-9-15-11-20-17-8-6-5-7-16(15)17/h5-8,11,13-14,20H,9-10,12H2,1-4H3. The van der Waals surface area contributed by atoms with Gasteiger partial charge in [-0.1, -0.05) is 18.2 Å². The van der Waals surface area contributed by atoms with Gasteiger partial charge in [-0.05, 0) is 45.7 Å². The molecule has 0 aliphatic carbocycles. The number of benzene rings is 1. The number of esters is 1.